The van der Waals surface area contributed by atoms with Crippen molar-refractivity contribution in [3.8, 4) is 5.75 Å². The minimum Gasteiger partial charge on any atom is -0.497 e. The number of amides is 2. The maximum absolute atomic E-state index is 11.9. The normalized spacial score (nSPS) is 9.84. The fraction of sp³-hybridized carbons (Fsp3) is 0.385. The third-order valence-corrected chi connectivity index (χ3v) is 2.73. The van der Waals surface area contributed by atoms with Gasteiger partial charge in [0.1, 0.15) is 5.75 Å². The monoisotopic (exact) mass is 265 g/mol. The maximum atomic E-state index is 11.9. The second kappa shape index (κ2) is 6.63. The first-order chi connectivity index (χ1) is 8.97. The zero-order chi connectivity index (χ0) is 14.4. The molecule has 0 aliphatic rings. The van der Waals surface area contributed by atoms with E-state index in [-0.39, 0.29) is 18.4 Å². The number of nitrogens with two attached hydrogens (primary N) is 1. The molecule has 0 radical (unpaired) electrons. The molecule has 1 rings (SSSR count). The number of hydrogen-bond donors (Lipinski definition) is 2. The molecular weight excluding hydrogens is 246 g/mol. The third kappa shape index (κ3) is 4.17. The molecule has 3 N–H and O–H groups in total. The minimum atomic E-state index is -0.358. The Morgan fingerprint density at radius 2 is 2.05 bits per heavy atom. The van der Waals surface area contributed by atoms with Crippen LogP contribution in [-0.4, -0.2) is 44.0 Å². The van der Waals surface area contributed by atoms with Crippen molar-refractivity contribution in [3.63, 3.8) is 0 Å². The molecule has 6 heteroatoms. The van der Waals surface area contributed by atoms with Crippen LogP contribution in [0.5, 0.6) is 5.75 Å². The van der Waals surface area contributed by atoms with E-state index >= 15 is 0 Å². The first kappa shape index (κ1) is 14.8. The molecule has 1 aromatic rings. The van der Waals surface area contributed by atoms with Gasteiger partial charge in [0.05, 0.1) is 13.7 Å². The minimum absolute atomic E-state index is 0.0414. The van der Waals surface area contributed by atoms with Crippen LogP contribution in [0.1, 0.15) is 17.3 Å². The highest BCUT2D eigenvalue weighted by atomic mass is 16.5. The average Bonchev–Trinajstić information content (AvgIpc) is 2.42. The van der Waals surface area contributed by atoms with Crippen LogP contribution in [0.2, 0.25) is 0 Å². The number of nitrogens with zero attached hydrogens (tertiary/aromatic N) is 1. The zero-order valence-corrected chi connectivity index (χ0v) is 11.4. The number of hydrogen-bond acceptors (Lipinski definition) is 4. The van der Waals surface area contributed by atoms with Crippen molar-refractivity contribution < 1.29 is 14.3 Å². The smallest absolute Gasteiger partial charge is 0.251 e. The lowest BCUT2D eigenvalue weighted by Crippen LogP contribution is -2.38. The summed E-state index contributed by atoms with van der Waals surface area (Å²) in [5, 5.41) is 2.55. The van der Waals surface area contributed by atoms with Crippen molar-refractivity contribution in [2.45, 2.75) is 6.92 Å². The van der Waals surface area contributed by atoms with E-state index in [1.807, 2.05) is 6.92 Å². The Morgan fingerprint density at radius 3 is 2.63 bits per heavy atom. The van der Waals surface area contributed by atoms with Gasteiger partial charge in [0.25, 0.3) is 5.91 Å². The highest BCUT2D eigenvalue weighted by molar-refractivity contribution is 5.97. The number of rotatable bonds is 5. The van der Waals surface area contributed by atoms with E-state index in [4.69, 9.17) is 10.5 Å². The molecule has 2 amide bonds. The number of methoxy groups -OCH3 is 1. The quantitative estimate of drug-likeness (QED) is 0.759. The van der Waals surface area contributed by atoms with Crippen molar-refractivity contribution in [1.82, 2.24) is 10.2 Å². The van der Waals surface area contributed by atoms with Crippen LogP contribution >= 0.6 is 0 Å². The zero-order valence-electron chi connectivity index (χ0n) is 11.4. The van der Waals surface area contributed by atoms with E-state index in [0.29, 0.717) is 23.5 Å². The van der Waals surface area contributed by atoms with Gasteiger partial charge in [-0.25, -0.2) is 0 Å². The summed E-state index contributed by atoms with van der Waals surface area (Å²) >= 11 is 0. The molecule has 1 aromatic carbocycles. The van der Waals surface area contributed by atoms with Gasteiger partial charge in [-0.05, 0) is 19.1 Å². The van der Waals surface area contributed by atoms with Crippen LogP contribution in [0.25, 0.3) is 0 Å². The molecule has 0 aliphatic heterocycles. The summed E-state index contributed by atoms with van der Waals surface area (Å²) < 4.78 is 5.03. The molecular formula is C13H19N3O3. The Bertz CT molecular complexity index is 474. The Morgan fingerprint density at radius 1 is 1.37 bits per heavy atom. The van der Waals surface area contributed by atoms with E-state index < -0.39 is 0 Å². The van der Waals surface area contributed by atoms with Gasteiger partial charge in [-0.2, -0.15) is 0 Å². The topological polar surface area (TPSA) is 84.7 Å². The van der Waals surface area contributed by atoms with Crippen LogP contribution in [0.15, 0.2) is 18.2 Å². The molecule has 0 fully saturated rings. The standard InChI is InChI=1S/C13H19N3O3/c1-4-16(2)12(17)8-15-13(18)9-5-10(14)7-11(6-9)19-3/h5-7H,4,8,14H2,1-3H3,(H,15,18). The number of nitrogens with one attached hydrogen (secondary N) is 1. The van der Waals surface area contributed by atoms with Gasteiger partial charge in [0, 0.05) is 30.9 Å². The van der Waals surface area contributed by atoms with E-state index in [1.54, 1.807) is 19.2 Å². The number of nitrogen functional groups attached to an aromatic ring is 1. The van der Waals surface area contributed by atoms with E-state index in [9.17, 15) is 9.59 Å². The lowest BCUT2D eigenvalue weighted by Gasteiger charge is -2.14. The van der Waals surface area contributed by atoms with Gasteiger partial charge in [-0.15, -0.1) is 0 Å². The molecule has 0 bridgehead atoms. The average molecular weight is 265 g/mol. The van der Waals surface area contributed by atoms with Gasteiger partial charge >= 0.3 is 0 Å². The van der Waals surface area contributed by atoms with Crippen LogP contribution in [0.3, 0.4) is 0 Å². The molecule has 0 unspecified atom stereocenters. The van der Waals surface area contributed by atoms with E-state index in [2.05, 4.69) is 5.32 Å². The van der Waals surface area contributed by atoms with Crippen LogP contribution < -0.4 is 15.8 Å². The number of likely N-dealkylation sites (N-methyl/N-ethyl adjacent to an activating group) is 1. The lowest BCUT2D eigenvalue weighted by atomic mass is 10.1. The lowest BCUT2D eigenvalue weighted by molar-refractivity contribution is -0.128. The van der Waals surface area contributed by atoms with Crippen molar-refractivity contribution in [1.29, 1.82) is 0 Å². The van der Waals surface area contributed by atoms with Gasteiger partial charge < -0.3 is 20.7 Å². The molecule has 0 aliphatic carbocycles. The summed E-state index contributed by atoms with van der Waals surface area (Å²) in [6.07, 6.45) is 0. The first-order valence-corrected chi connectivity index (χ1v) is 5.94. The van der Waals surface area contributed by atoms with Crippen LogP contribution in [0.4, 0.5) is 5.69 Å². The van der Waals surface area contributed by atoms with Crippen molar-refractivity contribution in [2.24, 2.45) is 0 Å². The Kier molecular flexibility index (Phi) is 5.17. The largest absolute Gasteiger partial charge is 0.497 e. The van der Waals surface area contributed by atoms with E-state index in [1.165, 1.54) is 18.1 Å². The summed E-state index contributed by atoms with van der Waals surface area (Å²) in [4.78, 5) is 25.0. The van der Waals surface area contributed by atoms with Gasteiger partial charge in [-0.1, -0.05) is 0 Å². The fourth-order valence-corrected chi connectivity index (χ4v) is 1.44. The summed E-state index contributed by atoms with van der Waals surface area (Å²) in [6.45, 7) is 2.42. The third-order valence-electron chi connectivity index (χ3n) is 2.73. The summed E-state index contributed by atoms with van der Waals surface area (Å²) in [7, 11) is 3.17. The predicted molar refractivity (Wildman–Crippen MR) is 73.1 cm³/mol. The second-order valence-electron chi connectivity index (χ2n) is 4.09. The van der Waals surface area contributed by atoms with Crippen LogP contribution in [-0.2, 0) is 4.79 Å². The first-order valence-electron chi connectivity index (χ1n) is 5.94. The molecule has 104 valence electrons. The van der Waals surface area contributed by atoms with Crippen LogP contribution in [0, 0.1) is 0 Å². The SMILES string of the molecule is CCN(C)C(=O)CNC(=O)c1cc(N)cc(OC)c1. The number of carbonyl (C=O) groups is 2. The Hall–Kier alpha value is -2.24. The molecule has 0 aromatic heterocycles. The second-order valence-corrected chi connectivity index (χ2v) is 4.09. The number of benzene rings is 1. The van der Waals surface area contributed by atoms with Gasteiger partial charge in [0.15, 0.2) is 0 Å². The summed E-state index contributed by atoms with van der Waals surface area (Å²) in [5.74, 6) is -0.00248. The molecule has 6 nitrogen and oxygen atoms in total. The number of anilines is 1. The number of ether oxygens (including phenoxy) is 1. The van der Waals surface area contributed by atoms with E-state index in [0.717, 1.165) is 0 Å². The molecule has 0 spiro atoms. The molecule has 0 saturated heterocycles. The van der Waals surface area contributed by atoms with Crippen molar-refractivity contribution in [2.75, 3.05) is 33.0 Å². The summed E-state index contributed by atoms with van der Waals surface area (Å²) in [5.41, 5.74) is 6.46. The Balaban J connectivity index is 2.68. The summed E-state index contributed by atoms with van der Waals surface area (Å²) in [6, 6.07) is 4.72. The predicted octanol–water partition coefficient (Wildman–Crippen LogP) is 0.486. The highest BCUT2D eigenvalue weighted by Crippen LogP contribution is 2.18. The molecule has 19 heavy (non-hydrogen) atoms. The fourth-order valence-electron chi connectivity index (χ4n) is 1.44. The van der Waals surface area contributed by atoms with Gasteiger partial charge in [0.2, 0.25) is 5.91 Å². The van der Waals surface area contributed by atoms with Crippen molar-refractivity contribution >= 4 is 17.5 Å². The highest BCUT2D eigenvalue weighted by Gasteiger charge is 2.11. The van der Waals surface area contributed by atoms with Gasteiger partial charge in [-0.3, -0.25) is 9.59 Å². The molecule has 0 atom stereocenters. The Labute approximate surface area is 112 Å². The van der Waals surface area contributed by atoms with Crippen molar-refractivity contribution in [3.05, 3.63) is 23.8 Å². The maximum Gasteiger partial charge on any atom is 0.251 e. The molecule has 0 heterocycles. The molecule has 0 saturated carbocycles. The number of carbonyl (C=O) groups excluding carboxylic acids is 2.